The first-order chi connectivity index (χ1) is 11.1. The van der Waals surface area contributed by atoms with Gasteiger partial charge >= 0.3 is 153 Å². The zero-order valence-corrected chi connectivity index (χ0v) is 17.5. The van der Waals surface area contributed by atoms with Gasteiger partial charge in [0.15, 0.2) is 0 Å². The molecule has 0 amide bonds. The van der Waals surface area contributed by atoms with Crippen molar-refractivity contribution in [1.29, 1.82) is 0 Å². The number of hydrogen-bond acceptors (Lipinski definition) is 0. The molecule has 0 atom stereocenters. The molecule has 125 valence electrons. The molecule has 3 rings (SSSR count). The minimum absolute atomic E-state index is 1.16. The van der Waals surface area contributed by atoms with Gasteiger partial charge in [-0.05, 0) is 0 Å². The average Bonchev–Trinajstić information content (AvgIpc) is 2.57. The molecule has 3 aromatic carbocycles. The van der Waals surface area contributed by atoms with Gasteiger partial charge in [0, 0.05) is 0 Å². The van der Waals surface area contributed by atoms with Crippen LogP contribution in [0.2, 0.25) is 0 Å². The summed E-state index contributed by atoms with van der Waals surface area (Å²) in [6.07, 6.45) is 0. The fourth-order valence-electron chi connectivity index (χ4n) is 2.76. The summed E-state index contributed by atoms with van der Waals surface area (Å²) in [5.41, 5.74) is 0. The van der Waals surface area contributed by atoms with Crippen molar-refractivity contribution >= 4 is 48.6 Å². The summed E-state index contributed by atoms with van der Waals surface area (Å²) < 4.78 is 0. The van der Waals surface area contributed by atoms with Gasteiger partial charge < -0.3 is 0 Å². The van der Waals surface area contributed by atoms with Crippen LogP contribution in [0.4, 0.5) is 0 Å². The maximum absolute atomic E-state index is 6.83. The minimum atomic E-state index is -3.52. The molecule has 0 spiro atoms. The molecule has 0 nitrogen and oxygen atoms in total. The Morgan fingerprint density at radius 3 is 0.957 bits per heavy atom. The molecule has 0 aliphatic carbocycles. The average molecular weight is 567 g/mol. The molecule has 5 heteroatoms. The molecule has 0 unspecified atom stereocenters. The number of halogens is 3. The maximum atomic E-state index is 6.83. The molecule has 23 heavy (non-hydrogen) atoms. The Morgan fingerprint density at radius 2 is 0.739 bits per heavy atom. The van der Waals surface area contributed by atoms with E-state index in [4.69, 9.17) is 27.6 Å². The van der Waals surface area contributed by atoms with Crippen molar-refractivity contribution in [2.45, 2.75) is 0 Å². The molecule has 3 aromatic rings. The second kappa shape index (κ2) is 7.30. The summed E-state index contributed by atoms with van der Waals surface area (Å²) in [6.45, 7) is 0. The van der Waals surface area contributed by atoms with Crippen LogP contribution in [-0.2, 0) is 13.4 Å². The summed E-state index contributed by atoms with van der Waals surface area (Å²) in [5, 5.41) is 0.819. The fourth-order valence-corrected chi connectivity index (χ4v) is 30.4. The third-order valence-electron chi connectivity index (χ3n) is 3.70. The van der Waals surface area contributed by atoms with Gasteiger partial charge in [0.2, 0.25) is 0 Å². The van der Waals surface area contributed by atoms with E-state index in [0.717, 1.165) is 15.9 Å². The van der Waals surface area contributed by atoms with E-state index in [-0.39, 0.29) is 0 Å². The van der Waals surface area contributed by atoms with E-state index in [9.17, 15) is 0 Å². The van der Waals surface area contributed by atoms with Gasteiger partial charge in [0.25, 0.3) is 0 Å². The quantitative estimate of drug-likeness (QED) is 0.299. The van der Waals surface area contributed by atoms with Gasteiger partial charge in [-0.25, -0.2) is 0 Å². The van der Waals surface area contributed by atoms with Crippen molar-refractivity contribution in [3.63, 3.8) is 0 Å². The van der Waals surface area contributed by atoms with Gasteiger partial charge in [-0.15, -0.1) is 0 Å². The molecule has 0 radical (unpaired) electrons. The fraction of sp³-hybridized carbons (Fsp3) is 0. The van der Waals surface area contributed by atoms with Crippen LogP contribution in [0.25, 0.3) is 0 Å². The molecule has 0 heterocycles. The monoisotopic (exact) mass is 565 g/mol. The Balaban J connectivity index is 2.41. The van der Waals surface area contributed by atoms with E-state index in [1.165, 1.54) is 0 Å². The first-order valence-electron chi connectivity index (χ1n) is 6.97. The zero-order valence-electron chi connectivity index (χ0n) is 12.1. The SMILES string of the molecule is [Cl][Au]([Cl])([Cl])[PH](c1ccccc1)(c1ccccc1)c1ccccc1. The number of benzene rings is 3. The molecule has 0 fully saturated rings. The van der Waals surface area contributed by atoms with Crippen LogP contribution in [0.3, 0.4) is 0 Å². The van der Waals surface area contributed by atoms with Gasteiger partial charge in [-0.1, -0.05) is 0 Å². The summed E-state index contributed by atoms with van der Waals surface area (Å²) >= 11 is -3.52. The third kappa shape index (κ3) is 3.28. The molecule has 0 aliphatic rings. The van der Waals surface area contributed by atoms with Crippen LogP contribution in [0.5, 0.6) is 0 Å². The van der Waals surface area contributed by atoms with Crippen molar-refractivity contribution in [2.75, 3.05) is 0 Å². The van der Waals surface area contributed by atoms with Gasteiger partial charge in [-0.3, -0.25) is 0 Å². The van der Waals surface area contributed by atoms with E-state index in [0.29, 0.717) is 0 Å². The first kappa shape index (κ1) is 17.5. The molecular formula is C18H16AuCl3P. The van der Waals surface area contributed by atoms with Crippen LogP contribution in [0.15, 0.2) is 91.0 Å². The third-order valence-corrected chi connectivity index (χ3v) is 31.2. The predicted molar refractivity (Wildman–Crippen MR) is 104 cm³/mol. The molecule has 0 aromatic heterocycles. The standard InChI is InChI=1S/C18H15P.Au.3ClH/c1-4-10-16(11-5-1)19(17-12-6-2-7-13-17)18-14-8-3-9-15-18;;;;/h1-15H;;3*1H/q;+2;;;/p-2. The Hall–Kier alpha value is -0.300. The number of rotatable bonds is 4. The first-order valence-corrected chi connectivity index (χ1v) is 20.1. The van der Waals surface area contributed by atoms with E-state index in [1.807, 2.05) is 54.6 Å². The molecule has 0 saturated carbocycles. The molecule has 0 bridgehead atoms. The number of hydrogen-bond donors (Lipinski definition) is 0. The Bertz CT molecular complexity index is 662. The summed E-state index contributed by atoms with van der Waals surface area (Å²) in [6, 6.07) is 30.8. The van der Waals surface area contributed by atoms with E-state index >= 15 is 0 Å². The Kier molecular flexibility index (Phi) is 5.56. The summed E-state index contributed by atoms with van der Waals surface area (Å²) in [4.78, 5) is 0. The second-order valence-corrected chi connectivity index (χ2v) is 34.6. The molecule has 0 aliphatic heterocycles. The van der Waals surface area contributed by atoms with Crippen LogP contribution in [-0.4, -0.2) is 0 Å². The van der Waals surface area contributed by atoms with Gasteiger partial charge in [0.05, 0.1) is 0 Å². The van der Waals surface area contributed by atoms with Crippen LogP contribution in [0.1, 0.15) is 0 Å². The van der Waals surface area contributed by atoms with Crippen molar-refractivity contribution in [3.05, 3.63) is 91.0 Å². The van der Waals surface area contributed by atoms with E-state index in [1.54, 1.807) is 0 Å². The van der Waals surface area contributed by atoms with Gasteiger partial charge in [0.1, 0.15) is 0 Å². The zero-order chi connectivity index (χ0) is 16.3. The summed E-state index contributed by atoms with van der Waals surface area (Å²) in [5.74, 6) is 0. The molecule has 0 saturated heterocycles. The molecular weight excluding hydrogens is 550 g/mol. The normalized spacial score (nSPS) is 13.5. The van der Waals surface area contributed by atoms with Crippen LogP contribution >= 0.6 is 32.7 Å². The summed E-state index contributed by atoms with van der Waals surface area (Å²) in [7, 11) is 20.5. The topological polar surface area (TPSA) is 0 Å². The van der Waals surface area contributed by atoms with E-state index in [2.05, 4.69) is 36.4 Å². The second-order valence-electron chi connectivity index (χ2n) is 5.00. The Labute approximate surface area is 152 Å². The van der Waals surface area contributed by atoms with Crippen molar-refractivity contribution in [2.24, 2.45) is 0 Å². The van der Waals surface area contributed by atoms with E-state index < -0.39 is 18.5 Å². The van der Waals surface area contributed by atoms with Crippen molar-refractivity contribution < 1.29 is 13.4 Å². The van der Waals surface area contributed by atoms with Gasteiger partial charge in [-0.2, -0.15) is 0 Å². The Morgan fingerprint density at radius 1 is 0.478 bits per heavy atom. The van der Waals surface area contributed by atoms with Crippen molar-refractivity contribution in [3.8, 4) is 0 Å². The van der Waals surface area contributed by atoms with Crippen molar-refractivity contribution in [1.82, 2.24) is 0 Å². The van der Waals surface area contributed by atoms with Crippen LogP contribution < -0.4 is 15.9 Å². The van der Waals surface area contributed by atoms with Crippen LogP contribution in [0, 0.1) is 0 Å². The molecule has 0 N–H and O–H groups in total. The predicted octanol–water partition coefficient (Wildman–Crippen LogP) is 5.24.